The molecule has 2 rings (SSSR count). The van der Waals surface area contributed by atoms with Gasteiger partial charge in [-0.2, -0.15) is 0 Å². The van der Waals surface area contributed by atoms with E-state index in [0.29, 0.717) is 23.6 Å². The second kappa shape index (κ2) is 5.50. The van der Waals surface area contributed by atoms with Gasteiger partial charge in [0.2, 0.25) is 0 Å². The van der Waals surface area contributed by atoms with Crippen LogP contribution in [0.25, 0.3) is 0 Å². The van der Waals surface area contributed by atoms with E-state index in [9.17, 15) is 4.39 Å². The maximum atomic E-state index is 13.4. The summed E-state index contributed by atoms with van der Waals surface area (Å²) < 4.78 is 19.9. The van der Waals surface area contributed by atoms with Crippen molar-refractivity contribution < 1.29 is 9.13 Å². The van der Waals surface area contributed by atoms with Crippen LogP contribution in [0.3, 0.4) is 0 Å². The molecule has 0 amide bonds. The fourth-order valence-corrected chi connectivity index (χ4v) is 2.09. The predicted octanol–water partition coefficient (Wildman–Crippen LogP) is 4.15. The quantitative estimate of drug-likeness (QED) is 0.924. The minimum atomic E-state index is -0.276. The SMILES string of the molecule is Cc1ccc(Oc2cc(Br)cc(CN)c2)cc1F. The monoisotopic (exact) mass is 309 g/mol. The van der Waals surface area contributed by atoms with Gasteiger partial charge >= 0.3 is 0 Å². The molecule has 0 spiro atoms. The normalized spacial score (nSPS) is 10.4. The van der Waals surface area contributed by atoms with Crippen LogP contribution in [0.1, 0.15) is 11.1 Å². The first-order valence-electron chi connectivity index (χ1n) is 5.52. The molecular weight excluding hydrogens is 297 g/mol. The van der Waals surface area contributed by atoms with E-state index in [1.54, 1.807) is 19.1 Å². The Kier molecular flexibility index (Phi) is 3.99. The number of ether oxygens (including phenoxy) is 1. The number of benzene rings is 2. The molecule has 0 aromatic heterocycles. The van der Waals surface area contributed by atoms with Gasteiger partial charge < -0.3 is 10.5 Å². The van der Waals surface area contributed by atoms with E-state index in [-0.39, 0.29) is 5.82 Å². The van der Waals surface area contributed by atoms with Gasteiger partial charge in [-0.05, 0) is 42.3 Å². The zero-order chi connectivity index (χ0) is 13.1. The summed E-state index contributed by atoms with van der Waals surface area (Å²) in [4.78, 5) is 0. The smallest absolute Gasteiger partial charge is 0.130 e. The van der Waals surface area contributed by atoms with Gasteiger partial charge in [0.1, 0.15) is 17.3 Å². The summed E-state index contributed by atoms with van der Waals surface area (Å²) in [5.74, 6) is 0.828. The van der Waals surface area contributed by atoms with Crippen molar-refractivity contribution in [1.82, 2.24) is 0 Å². The number of aryl methyl sites for hydroxylation is 1. The van der Waals surface area contributed by atoms with Crippen LogP contribution in [-0.4, -0.2) is 0 Å². The van der Waals surface area contributed by atoms with Crippen molar-refractivity contribution in [3.05, 3.63) is 57.8 Å². The van der Waals surface area contributed by atoms with Crippen molar-refractivity contribution in [1.29, 1.82) is 0 Å². The van der Waals surface area contributed by atoms with E-state index in [1.807, 2.05) is 18.2 Å². The molecule has 0 atom stereocenters. The molecule has 0 saturated heterocycles. The first-order chi connectivity index (χ1) is 8.58. The van der Waals surface area contributed by atoms with Gasteiger partial charge in [0, 0.05) is 17.1 Å². The Morgan fingerprint density at radius 1 is 1.17 bits per heavy atom. The summed E-state index contributed by atoms with van der Waals surface area (Å²) in [6.07, 6.45) is 0. The van der Waals surface area contributed by atoms with E-state index < -0.39 is 0 Å². The summed E-state index contributed by atoms with van der Waals surface area (Å²) in [6.45, 7) is 2.14. The average Bonchev–Trinajstić information content (AvgIpc) is 2.33. The molecule has 94 valence electrons. The molecule has 0 heterocycles. The molecule has 2 aromatic carbocycles. The van der Waals surface area contributed by atoms with Crippen LogP contribution in [0.15, 0.2) is 40.9 Å². The van der Waals surface area contributed by atoms with Crippen LogP contribution < -0.4 is 10.5 Å². The fourth-order valence-electron chi connectivity index (χ4n) is 1.57. The summed E-state index contributed by atoms with van der Waals surface area (Å²) in [5, 5.41) is 0. The predicted molar refractivity (Wildman–Crippen MR) is 73.2 cm³/mol. The van der Waals surface area contributed by atoms with Gasteiger partial charge in [0.15, 0.2) is 0 Å². The lowest BCUT2D eigenvalue weighted by atomic mass is 10.2. The highest BCUT2D eigenvalue weighted by Gasteiger charge is 2.04. The molecule has 2 aromatic rings. The zero-order valence-corrected chi connectivity index (χ0v) is 11.5. The van der Waals surface area contributed by atoms with E-state index >= 15 is 0 Å². The van der Waals surface area contributed by atoms with Crippen molar-refractivity contribution in [2.45, 2.75) is 13.5 Å². The van der Waals surface area contributed by atoms with Crippen LogP contribution in [0.2, 0.25) is 0 Å². The van der Waals surface area contributed by atoms with Crippen molar-refractivity contribution in [2.75, 3.05) is 0 Å². The molecule has 18 heavy (non-hydrogen) atoms. The first-order valence-corrected chi connectivity index (χ1v) is 6.31. The molecule has 0 aliphatic rings. The summed E-state index contributed by atoms with van der Waals surface area (Å²) in [7, 11) is 0. The molecule has 0 bridgehead atoms. The largest absolute Gasteiger partial charge is 0.457 e. The summed E-state index contributed by atoms with van der Waals surface area (Å²) in [5.41, 5.74) is 7.14. The van der Waals surface area contributed by atoms with Crippen LogP contribution in [0.5, 0.6) is 11.5 Å². The lowest BCUT2D eigenvalue weighted by Crippen LogP contribution is -1.96. The summed E-state index contributed by atoms with van der Waals surface area (Å²) in [6, 6.07) is 10.4. The topological polar surface area (TPSA) is 35.2 Å². The maximum absolute atomic E-state index is 13.4. The van der Waals surface area contributed by atoms with Crippen LogP contribution in [-0.2, 0) is 6.54 Å². The molecule has 2 N–H and O–H groups in total. The Bertz CT molecular complexity index is 572. The number of hydrogen-bond donors (Lipinski definition) is 1. The Morgan fingerprint density at radius 3 is 2.61 bits per heavy atom. The van der Waals surface area contributed by atoms with Gasteiger partial charge in [-0.1, -0.05) is 22.0 Å². The third kappa shape index (κ3) is 3.09. The van der Waals surface area contributed by atoms with Gasteiger partial charge in [0.05, 0.1) is 0 Å². The number of nitrogens with two attached hydrogens (primary N) is 1. The van der Waals surface area contributed by atoms with Gasteiger partial charge in [-0.3, -0.25) is 0 Å². The molecule has 0 radical (unpaired) electrons. The average molecular weight is 310 g/mol. The minimum absolute atomic E-state index is 0.276. The van der Waals surface area contributed by atoms with Crippen LogP contribution in [0, 0.1) is 12.7 Å². The zero-order valence-electron chi connectivity index (χ0n) is 9.91. The van der Waals surface area contributed by atoms with E-state index in [1.165, 1.54) is 6.07 Å². The molecule has 0 fully saturated rings. The second-order valence-electron chi connectivity index (χ2n) is 4.01. The standard InChI is InChI=1S/C14H13BrFNO/c1-9-2-3-12(7-14(9)16)18-13-5-10(8-17)4-11(15)6-13/h2-7H,8,17H2,1H3. The molecule has 0 aliphatic heterocycles. The number of hydrogen-bond acceptors (Lipinski definition) is 2. The first kappa shape index (κ1) is 13.1. The van der Waals surface area contributed by atoms with Crippen molar-refractivity contribution in [3.63, 3.8) is 0 Å². The lowest BCUT2D eigenvalue weighted by molar-refractivity contribution is 0.475. The minimum Gasteiger partial charge on any atom is -0.457 e. The van der Waals surface area contributed by atoms with Crippen molar-refractivity contribution >= 4 is 15.9 Å². The van der Waals surface area contributed by atoms with E-state index in [2.05, 4.69) is 15.9 Å². The summed E-state index contributed by atoms with van der Waals surface area (Å²) >= 11 is 3.38. The van der Waals surface area contributed by atoms with Crippen molar-refractivity contribution in [3.8, 4) is 11.5 Å². The maximum Gasteiger partial charge on any atom is 0.130 e. The van der Waals surface area contributed by atoms with E-state index in [0.717, 1.165) is 10.0 Å². The highest BCUT2D eigenvalue weighted by Crippen LogP contribution is 2.27. The Hall–Kier alpha value is -1.39. The highest BCUT2D eigenvalue weighted by atomic mass is 79.9. The molecule has 2 nitrogen and oxygen atoms in total. The molecule has 0 aliphatic carbocycles. The molecule has 4 heteroatoms. The van der Waals surface area contributed by atoms with E-state index in [4.69, 9.17) is 10.5 Å². The lowest BCUT2D eigenvalue weighted by Gasteiger charge is -2.09. The molecule has 0 saturated carbocycles. The Labute approximate surface area is 114 Å². The third-order valence-corrected chi connectivity index (χ3v) is 3.00. The Morgan fingerprint density at radius 2 is 1.94 bits per heavy atom. The third-order valence-electron chi connectivity index (χ3n) is 2.55. The van der Waals surface area contributed by atoms with Gasteiger partial charge in [-0.25, -0.2) is 4.39 Å². The fraction of sp³-hybridized carbons (Fsp3) is 0.143. The van der Waals surface area contributed by atoms with Gasteiger partial charge in [0.25, 0.3) is 0 Å². The molecule has 0 unspecified atom stereocenters. The second-order valence-corrected chi connectivity index (χ2v) is 4.93. The van der Waals surface area contributed by atoms with Gasteiger partial charge in [-0.15, -0.1) is 0 Å². The van der Waals surface area contributed by atoms with Crippen LogP contribution >= 0.6 is 15.9 Å². The highest BCUT2D eigenvalue weighted by molar-refractivity contribution is 9.10. The number of halogens is 2. The van der Waals surface area contributed by atoms with Crippen molar-refractivity contribution in [2.24, 2.45) is 5.73 Å². The molecular formula is C14H13BrFNO. The Balaban J connectivity index is 2.27. The number of rotatable bonds is 3. The van der Waals surface area contributed by atoms with Crippen LogP contribution in [0.4, 0.5) is 4.39 Å².